The number of benzene rings is 1. The fourth-order valence-corrected chi connectivity index (χ4v) is 4.11. The molecule has 2 unspecified atom stereocenters. The molecule has 2 fully saturated rings. The molecule has 1 aromatic rings. The lowest BCUT2D eigenvalue weighted by molar-refractivity contribution is 0.0608. The van der Waals surface area contributed by atoms with E-state index in [1.165, 1.54) is 37.7 Å². The molecular weight excluding hydrogens is 278 g/mol. The molecule has 21 heavy (non-hydrogen) atoms. The van der Waals surface area contributed by atoms with Crippen molar-refractivity contribution in [1.82, 2.24) is 4.90 Å². The van der Waals surface area contributed by atoms with Crippen LogP contribution in [0.25, 0.3) is 0 Å². The van der Waals surface area contributed by atoms with Gasteiger partial charge < -0.3 is 16.0 Å². The lowest BCUT2D eigenvalue weighted by Gasteiger charge is -2.47. The molecule has 3 nitrogen and oxygen atoms in total. The van der Waals surface area contributed by atoms with E-state index in [1.807, 2.05) is 0 Å². The maximum atomic E-state index is 5.89. The quantitative estimate of drug-likeness (QED) is 0.842. The Balaban J connectivity index is 1.77. The van der Waals surface area contributed by atoms with Crippen LogP contribution in [0.1, 0.15) is 43.2 Å². The first-order chi connectivity index (χ1) is 10.0. The Morgan fingerprint density at radius 3 is 2.57 bits per heavy atom. The van der Waals surface area contributed by atoms with Crippen molar-refractivity contribution in [3.8, 4) is 0 Å². The molecule has 2 bridgehead atoms. The molecule has 0 aromatic heterocycles. The minimum absolute atomic E-state index is 0.481. The van der Waals surface area contributed by atoms with Gasteiger partial charge in [-0.25, -0.2) is 0 Å². The summed E-state index contributed by atoms with van der Waals surface area (Å²) in [6, 6.07) is 8.33. The fourth-order valence-electron chi connectivity index (χ4n) is 3.94. The predicted molar refractivity (Wildman–Crippen MR) is 92.9 cm³/mol. The first-order valence-corrected chi connectivity index (χ1v) is 8.34. The lowest BCUT2D eigenvalue weighted by Crippen LogP contribution is -2.52. The zero-order valence-corrected chi connectivity index (χ0v) is 13.7. The lowest BCUT2D eigenvalue weighted by atomic mass is 9.82. The molecule has 2 atom stereocenters. The number of hydrogen-bond acceptors (Lipinski definition) is 3. The number of thiocarbonyl (C=S) groups is 1. The van der Waals surface area contributed by atoms with Crippen molar-refractivity contribution in [3.05, 3.63) is 29.3 Å². The van der Waals surface area contributed by atoms with Crippen LogP contribution >= 0.6 is 12.2 Å². The minimum Gasteiger partial charge on any atom is -0.389 e. The normalized spacial score (nSPS) is 29.1. The molecule has 3 rings (SSSR count). The highest BCUT2D eigenvalue weighted by atomic mass is 32.1. The van der Waals surface area contributed by atoms with Gasteiger partial charge in [0.25, 0.3) is 0 Å². The Morgan fingerprint density at radius 2 is 1.95 bits per heavy atom. The maximum Gasteiger partial charge on any atom is 0.106 e. The highest BCUT2D eigenvalue weighted by molar-refractivity contribution is 7.80. The van der Waals surface area contributed by atoms with E-state index in [1.54, 1.807) is 0 Å². The number of rotatable bonds is 3. The first kappa shape index (κ1) is 14.8. The third-order valence-electron chi connectivity index (χ3n) is 5.14. The summed E-state index contributed by atoms with van der Waals surface area (Å²) in [4.78, 5) is 3.07. The second-order valence-corrected chi connectivity index (χ2v) is 7.07. The monoisotopic (exact) mass is 303 g/mol. The highest BCUT2D eigenvalue weighted by Gasteiger charge is 2.36. The van der Waals surface area contributed by atoms with Crippen LogP contribution in [0.5, 0.6) is 0 Å². The summed E-state index contributed by atoms with van der Waals surface area (Å²) in [6.07, 6.45) is 6.49. The molecule has 2 heterocycles. The summed E-state index contributed by atoms with van der Waals surface area (Å²) in [5.41, 5.74) is 9.16. The molecule has 0 amide bonds. The van der Waals surface area contributed by atoms with E-state index in [0.717, 1.165) is 23.3 Å². The third kappa shape index (κ3) is 3.06. The molecule has 2 aliphatic heterocycles. The van der Waals surface area contributed by atoms with Crippen LogP contribution < -0.4 is 11.1 Å². The van der Waals surface area contributed by atoms with Crippen LogP contribution in [0.15, 0.2) is 18.2 Å². The van der Waals surface area contributed by atoms with Gasteiger partial charge in [-0.05, 0) is 51.8 Å². The number of aryl methyl sites for hydroxylation is 1. The van der Waals surface area contributed by atoms with Crippen molar-refractivity contribution in [2.24, 2.45) is 5.73 Å². The summed E-state index contributed by atoms with van der Waals surface area (Å²) >= 11 is 5.21. The molecule has 0 aliphatic carbocycles. The van der Waals surface area contributed by atoms with Gasteiger partial charge in [0.1, 0.15) is 4.99 Å². The molecule has 4 heteroatoms. The van der Waals surface area contributed by atoms with Gasteiger partial charge in [-0.3, -0.25) is 0 Å². The van der Waals surface area contributed by atoms with Crippen LogP contribution in [-0.4, -0.2) is 35.1 Å². The van der Waals surface area contributed by atoms with Gasteiger partial charge in [0.15, 0.2) is 0 Å². The number of piperidine rings is 2. The standard InChI is InChI=1S/C17H25N3S/c1-11-6-7-16(15(8-11)17(18)21)19-12-9-13-4-3-5-14(10-12)20(13)2/h6-8,12-14,19H,3-5,9-10H2,1-2H3,(H2,18,21). The average Bonchev–Trinajstić information content (AvgIpc) is 2.41. The van der Waals surface area contributed by atoms with Gasteiger partial charge >= 0.3 is 0 Å². The minimum atomic E-state index is 0.481. The highest BCUT2D eigenvalue weighted by Crippen LogP contribution is 2.34. The van der Waals surface area contributed by atoms with Gasteiger partial charge in [0, 0.05) is 29.4 Å². The number of fused-ring (bicyclic) bond motifs is 2. The maximum absolute atomic E-state index is 5.89. The topological polar surface area (TPSA) is 41.3 Å². The molecule has 3 N–H and O–H groups in total. The molecule has 1 aromatic carbocycles. The second kappa shape index (κ2) is 5.93. The summed E-state index contributed by atoms with van der Waals surface area (Å²) in [5, 5.41) is 3.71. The zero-order valence-electron chi connectivity index (χ0n) is 12.9. The Kier molecular flexibility index (Phi) is 4.18. The van der Waals surface area contributed by atoms with E-state index >= 15 is 0 Å². The van der Waals surface area contributed by atoms with E-state index in [4.69, 9.17) is 18.0 Å². The van der Waals surface area contributed by atoms with Crippen molar-refractivity contribution in [2.75, 3.05) is 12.4 Å². The van der Waals surface area contributed by atoms with Crippen molar-refractivity contribution in [3.63, 3.8) is 0 Å². The van der Waals surface area contributed by atoms with Crippen LogP contribution in [0.2, 0.25) is 0 Å². The molecule has 2 aliphatic rings. The summed E-state index contributed by atoms with van der Waals surface area (Å²) in [6.45, 7) is 2.07. The summed E-state index contributed by atoms with van der Waals surface area (Å²) in [7, 11) is 2.29. The molecule has 0 spiro atoms. The molecule has 0 saturated carbocycles. The number of nitrogens with zero attached hydrogens (tertiary/aromatic N) is 1. The van der Waals surface area contributed by atoms with Crippen molar-refractivity contribution < 1.29 is 0 Å². The second-order valence-electron chi connectivity index (χ2n) is 6.63. The van der Waals surface area contributed by atoms with Gasteiger partial charge in [0.05, 0.1) is 0 Å². The van der Waals surface area contributed by atoms with Crippen LogP contribution in [0, 0.1) is 6.92 Å². The van der Waals surface area contributed by atoms with Gasteiger partial charge in [-0.15, -0.1) is 0 Å². The summed E-state index contributed by atoms with van der Waals surface area (Å²) < 4.78 is 0. The van der Waals surface area contributed by atoms with E-state index in [2.05, 4.69) is 42.4 Å². The number of anilines is 1. The Hall–Kier alpha value is -1.13. The zero-order chi connectivity index (χ0) is 15.0. The average molecular weight is 303 g/mol. The summed E-state index contributed by atoms with van der Waals surface area (Å²) in [5.74, 6) is 0. The Labute approximate surface area is 132 Å². The Bertz CT molecular complexity index is 529. The van der Waals surface area contributed by atoms with Crippen LogP contribution in [0.4, 0.5) is 5.69 Å². The fraction of sp³-hybridized carbons (Fsp3) is 0.588. The first-order valence-electron chi connectivity index (χ1n) is 7.93. The molecule has 0 radical (unpaired) electrons. The smallest absolute Gasteiger partial charge is 0.106 e. The number of hydrogen-bond donors (Lipinski definition) is 2. The SMILES string of the molecule is Cc1ccc(NC2CC3CCCC(C2)N3C)c(C(N)=S)c1. The molecule has 114 valence electrons. The van der Waals surface area contributed by atoms with E-state index in [0.29, 0.717) is 11.0 Å². The number of nitrogens with one attached hydrogen (secondary N) is 1. The van der Waals surface area contributed by atoms with E-state index in [-0.39, 0.29) is 0 Å². The Morgan fingerprint density at radius 1 is 1.29 bits per heavy atom. The van der Waals surface area contributed by atoms with Gasteiger partial charge in [-0.2, -0.15) is 0 Å². The number of nitrogens with two attached hydrogens (primary N) is 1. The van der Waals surface area contributed by atoms with Gasteiger partial charge in [-0.1, -0.05) is 30.3 Å². The third-order valence-corrected chi connectivity index (χ3v) is 5.36. The van der Waals surface area contributed by atoms with Crippen LogP contribution in [0.3, 0.4) is 0 Å². The largest absolute Gasteiger partial charge is 0.389 e. The van der Waals surface area contributed by atoms with Crippen LogP contribution in [-0.2, 0) is 0 Å². The molecular formula is C17H25N3S. The van der Waals surface area contributed by atoms with E-state index < -0.39 is 0 Å². The van der Waals surface area contributed by atoms with Crippen molar-refractivity contribution in [1.29, 1.82) is 0 Å². The van der Waals surface area contributed by atoms with E-state index in [9.17, 15) is 0 Å². The molecule has 2 saturated heterocycles. The van der Waals surface area contributed by atoms with Crippen molar-refractivity contribution >= 4 is 22.9 Å². The van der Waals surface area contributed by atoms with Gasteiger partial charge in [0.2, 0.25) is 0 Å². The van der Waals surface area contributed by atoms with Crippen molar-refractivity contribution in [2.45, 2.75) is 57.2 Å². The predicted octanol–water partition coefficient (Wildman–Crippen LogP) is 3.06.